The molecule has 0 bridgehead atoms. The number of nitrogens with zero attached hydrogens (tertiary/aromatic N) is 1. The van der Waals surface area contributed by atoms with Crippen molar-refractivity contribution in [2.24, 2.45) is 0 Å². The quantitative estimate of drug-likeness (QED) is 0.459. The van der Waals surface area contributed by atoms with E-state index in [1.165, 1.54) is 10.3 Å². The van der Waals surface area contributed by atoms with Crippen molar-refractivity contribution < 1.29 is 4.74 Å². The Kier molecular flexibility index (Phi) is 4.99. The van der Waals surface area contributed by atoms with Gasteiger partial charge in [-0.15, -0.1) is 11.3 Å². The van der Waals surface area contributed by atoms with Gasteiger partial charge in [0.2, 0.25) is 0 Å². The SMILES string of the molecule is COc1cc(N)c(NCc2ccc3nc(SC)sc3c2)cc1Br. The second-order valence-corrected chi connectivity index (χ2v) is 7.85. The number of hydrogen-bond acceptors (Lipinski definition) is 6. The minimum Gasteiger partial charge on any atom is -0.495 e. The summed E-state index contributed by atoms with van der Waals surface area (Å²) in [4.78, 5) is 4.56. The molecule has 3 N–H and O–H groups in total. The third kappa shape index (κ3) is 3.57. The Labute approximate surface area is 151 Å². The fourth-order valence-electron chi connectivity index (χ4n) is 2.22. The Morgan fingerprint density at radius 2 is 2.17 bits per heavy atom. The van der Waals surface area contributed by atoms with Crippen molar-refractivity contribution in [3.8, 4) is 5.75 Å². The van der Waals surface area contributed by atoms with Crippen molar-refractivity contribution in [2.45, 2.75) is 10.9 Å². The second kappa shape index (κ2) is 6.98. The van der Waals surface area contributed by atoms with Crippen LogP contribution in [0.5, 0.6) is 5.75 Å². The molecule has 2 aromatic carbocycles. The summed E-state index contributed by atoms with van der Waals surface area (Å²) < 4.78 is 8.41. The highest BCUT2D eigenvalue weighted by Crippen LogP contribution is 2.33. The molecule has 3 rings (SSSR count). The summed E-state index contributed by atoms with van der Waals surface area (Å²) in [6.45, 7) is 0.700. The van der Waals surface area contributed by atoms with E-state index in [2.05, 4.69) is 44.4 Å². The van der Waals surface area contributed by atoms with Crippen LogP contribution < -0.4 is 15.8 Å². The van der Waals surface area contributed by atoms with Gasteiger partial charge in [-0.2, -0.15) is 0 Å². The van der Waals surface area contributed by atoms with Gasteiger partial charge >= 0.3 is 0 Å². The van der Waals surface area contributed by atoms with Crippen LogP contribution in [0.15, 0.2) is 39.1 Å². The third-order valence-electron chi connectivity index (χ3n) is 3.41. The number of thioether (sulfide) groups is 1. The van der Waals surface area contributed by atoms with Crippen LogP contribution in [0.25, 0.3) is 10.2 Å². The monoisotopic (exact) mass is 409 g/mol. The molecule has 0 saturated heterocycles. The first kappa shape index (κ1) is 16.4. The van der Waals surface area contributed by atoms with Gasteiger partial charge in [-0.25, -0.2) is 4.98 Å². The highest BCUT2D eigenvalue weighted by atomic mass is 79.9. The number of anilines is 2. The lowest BCUT2D eigenvalue weighted by Crippen LogP contribution is -2.03. The summed E-state index contributed by atoms with van der Waals surface area (Å²) in [5.74, 6) is 0.726. The van der Waals surface area contributed by atoms with Crippen molar-refractivity contribution in [3.05, 3.63) is 40.4 Å². The van der Waals surface area contributed by atoms with Gasteiger partial charge in [0.05, 0.1) is 33.2 Å². The lowest BCUT2D eigenvalue weighted by molar-refractivity contribution is 0.412. The number of aromatic nitrogens is 1. The van der Waals surface area contributed by atoms with Gasteiger partial charge < -0.3 is 15.8 Å². The zero-order chi connectivity index (χ0) is 16.4. The van der Waals surface area contributed by atoms with E-state index in [9.17, 15) is 0 Å². The van der Waals surface area contributed by atoms with Crippen molar-refractivity contribution >= 4 is 60.6 Å². The lowest BCUT2D eigenvalue weighted by Gasteiger charge is -2.12. The van der Waals surface area contributed by atoms with Gasteiger partial charge in [-0.3, -0.25) is 0 Å². The van der Waals surface area contributed by atoms with Gasteiger partial charge in [0.15, 0.2) is 4.34 Å². The molecule has 4 nitrogen and oxygen atoms in total. The fraction of sp³-hybridized carbons (Fsp3) is 0.188. The summed E-state index contributed by atoms with van der Waals surface area (Å²) in [5, 5.41) is 3.38. The number of nitrogen functional groups attached to an aromatic ring is 1. The highest BCUT2D eigenvalue weighted by Gasteiger charge is 2.08. The Morgan fingerprint density at radius 1 is 1.35 bits per heavy atom. The number of halogens is 1. The summed E-state index contributed by atoms with van der Waals surface area (Å²) >= 11 is 6.88. The zero-order valence-electron chi connectivity index (χ0n) is 12.7. The van der Waals surface area contributed by atoms with Crippen molar-refractivity contribution in [1.82, 2.24) is 4.98 Å². The van der Waals surface area contributed by atoms with E-state index in [1.807, 2.05) is 18.4 Å². The number of thiazole rings is 1. The molecule has 0 fully saturated rings. The molecule has 0 spiro atoms. The number of rotatable bonds is 5. The van der Waals surface area contributed by atoms with E-state index in [0.717, 1.165) is 25.8 Å². The van der Waals surface area contributed by atoms with Gasteiger partial charge in [0, 0.05) is 12.6 Å². The standard InChI is InChI=1S/C16H16BrN3OS2/c1-21-14-7-11(18)13(6-10(14)17)19-8-9-3-4-12-15(5-9)23-16(20-12)22-2/h3-7,19H,8,18H2,1-2H3. The first-order valence-electron chi connectivity index (χ1n) is 6.91. The molecule has 23 heavy (non-hydrogen) atoms. The van der Waals surface area contributed by atoms with Gasteiger partial charge in [-0.05, 0) is 45.9 Å². The molecule has 0 amide bonds. The number of fused-ring (bicyclic) bond motifs is 1. The topological polar surface area (TPSA) is 60.2 Å². The molecule has 1 heterocycles. The Bertz CT molecular complexity index is 851. The van der Waals surface area contributed by atoms with Crippen molar-refractivity contribution in [3.63, 3.8) is 0 Å². The van der Waals surface area contributed by atoms with E-state index in [4.69, 9.17) is 10.5 Å². The van der Waals surface area contributed by atoms with Gasteiger partial charge in [0.1, 0.15) is 5.75 Å². The van der Waals surface area contributed by atoms with E-state index < -0.39 is 0 Å². The van der Waals surface area contributed by atoms with Crippen LogP contribution in [0, 0.1) is 0 Å². The Morgan fingerprint density at radius 3 is 2.91 bits per heavy atom. The molecule has 0 radical (unpaired) electrons. The molecule has 0 unspecified atom stereocenters. The molecule has 7 heteroatoms. The van der Waals surface area contributed by atoms with E-state index in [1.54, 1.807) is 30.2 Å². The molecule has 120 valence electrons. The first-order valence-corrected chi connectivity index (χ1v) is 9.74. The van der Waals surface area contributed by atoms with Crippen molar-refractivity contribution in [1.29, 1.82) is 0 Å². The molecule has 1 aromatic heterocycles. The normalized spacial score (nSPS) is 10.9. The average molecular weight is 410 g/mol. The average Bonchev–Trinajstić information content (AvgIpc) is 2.97. The zero-order valence-corrected chi connectivity index (χ0v) is 15.9. The number of ether oxygens (including phenoxy) is 1. The highest BCUT2D eigenvalue weighted by molar-refractivity contribution is 9.10. The predicted molar refractivity (Wildman–Crippen MR) is 104 cm³/mol. The summed E-state index contributed by atoms with van der Waals surface area (Å²) in [6, 6.07) is 10.1. The van der Waals surface area contributed by atoms with Crippen molar-refractivity contribution in [2.75, 3.05) is 24.4 Å². The molecule has 0 aliphatic rings. The number of nitrogens with one attached hydrogen (secondary N) is 1. The summed E-state index contributed by atoms with van der Waals surface area (Å²) in [7, 11) is 1.62. The predicted octanol–water partition coefficient (Wildman–Crippen LogP) is 4.98. The smallest absolute Gasteiger partial charge is 0.150 e. The lowest BCUT2D eigenvalue weighted by atomic mass is 10.2. The molecule has 0 saturated carbocycles. The van der Waals surface area contributed by atoms with Crippen LogP contribution in [-0.4, -0.2) is 18.3 Å². The summed E-state index contributed by atoms with van der Waals surface area (Å²) in [5.41, 5.74) is 9.86. The number of nitrogens with two attached hydrogens (primary N) is 1. The largest absolute Gasteiger partial charge is 0.495 e. The maximum Gasteiger partial charge on any atom is 0.150 e. The molecule has 0 aliphatic carbocycles. The molecular weight excluding hydrogens is 394 g/mol. The maximum atomic E-state index is 6.07. The minimum absolute atomic E-state index is 0.661. The van der Waals surface area contributed by atoms with Crippen LogP contribution >= 0.6 is 39.0 Å². The molecule has 0 aliphatic heterocycles. The molecule has 0 atom stereocenters. The van der Waals surface area contributed by atoms with Gasteiger partial charge in [0.25, 0.3) is 0 Å². The van der Waals surface area contributed by atoms with Crippen LogP contribution in [0.1, 0.15) is 5.56 Å². The molecular formula is C16H16BrN3OS2. The van der Waals surface area contributed by atoms with Crippen LogP contribution in [0.4, 0.5) is 11.4 Å². The number of hydrogen-bond donors (Lipinski definition) is 2. The number of methoxy groups -OCH3 is 1. The second-order valence-electron chi connectivity index (χ2n) is 4.91. The minimum atomic E-state index is 0.661. The van der Waals surface area contributed by atoms with E-state index in [0.29, 0.717) is 12.2 Å². The van der Waals surface area contributed by atoms with Crippen LogP contribution in [0.3, 0.4) is 0 Å². The summed E-state index contributed by atoms with van der Waals surface area (Å²) in [6.07, 6.45) is 2.05. The Balaban J connectivity index is 1.79. The third-order valence-corrected chi connectivity index (χ3v) is 6.04. The Hall–Kier alpha value is -1.44. The number of benzene rings is 2. The fourth-order valence-corrected chi connectivity index (χ4v) is 4.28. The van der Waals surface area contributed by atoms with E-state index in [-0.39, 0.29) is 0 Å². The van der Waals surface area contributed by atoms with Crippen LogP contribution in [0.2, 0.25) is 0 Å². The molecule has 3 aromatic rings. The first-order chi connectivity index (χ1) is 11.1. The maximum absolute atomic E-state index is 6.07. The van der Waals surface area contributed by atoms with E-state index >= 15 is 0 Å². The van der Waals surface area contributed by atoms with Gasteiger partial charge in [-0.1, -0.05) is 17.8 Å². The van der Waals surface area contributed by atoms with Crippen LogP contribution in [-0.2, 0) is 6.54 Å².